The van der Waals surface area contributed by atoms with Crippen molar-refractivity contribution in [2.45, 2.75) is 46.7 Å². The maximum Gasteiger partial charge on any atom is 0.354 e. The van der Waals surface area contributed by atoms with Gasteiger partial charge in [0.05, 0.1) is 26.2 Å². The van der Waals surface area contributed by atoms with Gasteiger partial charge < -0.3 is 14.8 Å². The van der Waals surface area contributed by atoms with Gasteiger partial charge in [0.1, 0.15) is 5.75 Å². The van der Waals surface area contributed by atoms with Crippen molar-refractivity contribution in [1.29, 1.82) is 0 Å². The zero-order chi connectivity index (χ0) is 25.4. The Morgan fingerprint density at radius 1 is 1.06 bits per heavy atom. The Hall–Kier alpha value is -3.88. The molecule has 0 unspecified atom stereocenters. The van der Waals surface area contributed by atoms with E-state index in [2.05, 4.69) is 17.2 Å². The number of carbonyl (C=O) groups excluding carboxylic acids is 1. The molecule has 0 fully saturated rings. The number of benzene rings is 2. The first-order valence-electron chi connectivity index (χ1n) is 11.7. The second-order valence-electron chi connectivity index (χ2n) is 8.46. The molecule has 186 valence electrons. The van der Waals surface area contributed by atoms with E-state index >= 15 is 0 Å². The number of hydrogen-bond donors (Lipinski definition) is 1. The van der Waals surface area contributed by atoms with Crippen molar-refractivity contribution < 1.29 is 14.3 Å². The van der Waals surface area contributed by atoms with E-state index in [1.54, 1.807) is 19.1 Å². The molecule has 0 aliphatic rings. The van der Waals surface area contributed by atoms with Gasteiger partial charge in [-0.2, -0.15) is 4.98 Å². The van der Waals surface area contributed by atoms with Crippen LogP contribution in [0.1, 0.15) is 37.8 Å². The molecule has 1 aromatic heterocycles. The average molecular weight is 481 g/mol. The van der Waals surface area contributed by atoms with E-state index < -0.39 is 23.3 Å². The molecule has 0 bridgehead atoms. The maximum atomic E-state index is 13.4. The molecule has 35 heavy (non-hydrogen) atoms. The van der Waals surface area contributed by atoms with Crippen molar-refractivity contribution in [1.82, 2.24) is 14.1 Å². The lowest BCUT2D eigenvalue weighted by atomic mass is 10.1. The maximum absolute atomic E-state index is 13.4. The number of esters is 1. The van der Waals surface area contributed by atoms with Crippen LogP contribution in [-0.4, -0.2) is 33.8 Å². The Kier molecular flexibility index (Phi) is 8.83. The normalized spacial score (nSPS) is 11.7. The summed E-state index contributed by atoms with van der Waals surface area (Å²) in [5.41, 5.74) is 1.30. The van der Waals surface area contributed by atoms with Crippen LogP contribution in [0.3, 0.4) is 0 Å². The van der Waals surface area contributed by atoms with Gasteiger partial charge in [-0.25, -0.2) is 14.2 Å². The van der Waals surface area contributed by atoms with Crippen LogP contribution in [0.4, 0.5) is 11.6 Å². The molecule has 9 heteroatoms. The number of aryl methyl sites for hydroxylation is 1. The van der Waals surface area contributed by atoms with Gasteiger partial charge in [-0.15, -0.1) is 0 Å². The van der Waals surface area contributed by atoms with Crippen molar-refractivity contribution in [2.24, 2.45) is 5.92 Å². The van der Waals surface area contributed by atoms with Crippen LogP contribution in [-0.2, 0) is 22.6 Å². The lowest BCUT2D eigenvalue weighted by Gasteiger charge is -2.17. The van der Waals surface area contributed by atoms with Gasteiger partial charge in [0, 0.05) is 12.2 Å². The molecule has 1 N–H and O–H groups in total. The average Bonchev–Trinajstić information content (AvgIpc) is 2.85. The summed E-state index contributed by atoms with van der Waals surface area (Å²) in [6, 6.07) is 15.0. The summed E-state index contributed by atoms with van der Waals surface area (Å²) in [6.45, 7) is 6.38. The Bertz CT molecular complexity index is 1250. The zero-order valence-electron chi connectivity index (χ0n) is 20.6. The first-order chi connectivity index (χ1) is 16.8. The summed E-state index contributed by atoms with van der Waals surface area (Å²) < 4.78 is 12.8. The number of nitrogens with one attached hydrogen (secondary N) is 1. The standard InChI is InChI=1S/C26H32N4O5/c1-5-6-15-35-22-13-11-21(12-14-22)27-24-28-25(32)30(16-19(3)23(31)34-4)26(33)29(24)17-20-9-7-18(2)8-10-20/h7-14,19H,5-6,15-17H2,1-4H3,(H,27,28,32)/t19-/m0/s1. The monoisotopic (exact) mass is 480 g/mol. The van der Waals surface area contributed by atoms with Crippen LogP contribution in [0.5, 0.6) is 5.75 Å². The summed E-state index contributed by atoms with van der Waals surface area (Å²) in [4.78, 5) is 42.2. The molecule has 0 aliphatic carbocycles. The molecule has 0 aliphatic heterocycles. The molecule has 3 rings (SSSR count). The molecule has 9 nitrogen and oxygen atoms in total. The zero-order valence-corrected chi connectivity index (χ0v) is 20.6. The van der Waals surface area contributed by atoms with Gasteiger partial charge >= 0.3 is 17.3 Å². The number of rotatable bonds is 11. The number of nitrogens with zero attached hydrogens (tertiary/aromatic N) is 3. The minimum absolute atomic E-state index is 0.113. The fourth-order valence-electron chi connectivity index (χ4n) is 3.45. The van der Waals surface area contributed by atoms with Crippen LogP contribution in [0.15, 0.2) is 58.1 Å². The third-order valence-electron chi connectivity index (χ3n) is 5.55. The van der Waals surface area contributed by atoms with E-state index in [1.807, 2.05) is 43.3 Å². The van der Waals surface area contributed by atoms with Crippen molar-refractivity contribution in [3.63, 3.8) is 0 Å². The van der Waals surface area contributed by atoms with Gasteiger partial charge in [-0.05, 0) is 43.2 Å². The summed E-state index contributed by atoms with van der Waals surface area (Å²) in [5, 5.41) is 3.09. The smallest absolute Gasteiger partial charge is 0.354 e. The van der Waals surface area contributed by atoms with Crippen molar-refractivity contribution in [2.75, 3.05) is 19.0 Å². The van der Waals surface area contributed by atoms with Gasteiger partial charge in [0.25, 0.3) is 0 Å². The molecule has 3 aromatic rings. The fourth-order valence-corrected chi connectivity index (χ4v) is 3.45. The van der Waals surface area contributed by atoms with Crippen molar-refractivity contribution in [3.05, 3.63) is 80.6 Å². The summed E-state index contributed by atoms with van der Waals surface area (Å²) in [5.74, 6) is -0.340. The number of carbonyl (C=O) groups is 1. The summed E-state index contributed by atoms with van der Waals surface area (Å²) >= 11 is 0. The Labute approximate surface area is 204 Å². The molecule has 0 saturated heterocycles. The number of unbranched alkanes of at least 4 members (excludes halogenated alkanes) is 1. The first kappa shape index (κ1) is 25.7. The predicted molar refractivity (Wildman–Crippen MR) is 134 cm³/mol. The molecule has 0 amide bonds. The lowest BCUT2D eigenvalue weighted by Crippen LogP contribution is -2.44. The number of methoxy groups -OCH3 is 1. The van der Waals surface area contributed by atoms with Gasteiger partial charge in [-0.1, -0.05) is 50.1 Å². The lowest BCUT2D eigenvalue weighted by molar-refractivity contribution is -0.145. The van der Waals surface area contributed by atoms with E-state index in [0.717, 1.165) is 34.3 Å². The van der Waals surface area contributed by atoms with Crippen LogP contribution in [0.25, 0.3) is 0 Å². The van der Waals surface area contributed by atoms with Gasteiger partial charge in [0.15, 0.2) is 0 Å². The minimum atomic E-state index is -0.743. The number of hydrogen-bond acceptors (Lipinski definition) is 7. The Morgan fingerprint density at radius 3 is 2.37 bits per heavy atom. The highest BCUT2D eigenvalue weighted by Gasteiger charge is 2.20. The van der Waals surface area contributed by atoms with Gasteiger partial charge in [0.2, 0.25) is 5.95 Å². The topological polar surface area (TPSA) is 104 Å². The number of aromatic nitrogens is 3. The van der Waals surface area contributed by atoms with Crippen molar-refractivity contribution in [3.8, 4) is 5.75 Å². The Morgan fingerprint density at radius 2 is 1.74 bits per heavy atom. The third-order valence-corrected chi connectivity index (χ3v) is 5.55. The molecule has 0 radical (unpaired) electrons. The molecule has 0 saturated carbocycles. The predicted octanol–water partition coefficient (Wildman–Crippen LogP) is 3.49. The molecule has 0 spiro atoms. The number of ether oxygens (including phenoxy) is 2. The van der Waals surface area contributed by atoms with Crippen LogP contribution in [0.2, 0.25) is 0 Å². The van der Waals surface area contributed by atoms with Gasteiger partial charge in [-0.3, -0.25) is 9.36 Å². The van der Waals surface area contributed by atoms with E-state index in [9.17, 15) is 14.4 Å². The SMILES string of the molecule is CCCCOc1ccc(Nc2nc(=O)n(C[C@H](C)C(=O)OC)c(=O)n2Cc2ccc(C)cc2)cc1. The van der Waals surface area contributed by atoms with Crippen LogP contribution >= 0.6 is 0 Å². The van der Waals surface area contributed by atoms with Crippen LogP contribution < -0.4 is 21.4 Å². The second-order valence-corrected chi connectivity index (χ2v) is 8.46. The van der Waals surface area contributed by atoms with E-state index in [1.165, 1.54) is 11.7 Å². The molecular formula is C26H32N4O5. The van der Waals surface area contributed by atoms with Crippen molar-refractivity contribution >= 4 is 17.6 Å². The second kappa shape index (κ2) is 12.0. The summed E-state index contributed by atoms with van der Waals surface area (Å²) in [7, 11) is 1.27. The van der Waals surface area contributed by atoms with E-state index in [-0.39, 0.29) is 19.0 Å². The molecule has 2 aromatic carbocycles. The highest BCUT2D eigenvalue weighted by Crippen LogP contribution is 2.19. The van der Waals surface area contributed by atoms with E-state index in [0.29, 0.717) is 12.3 Å². The Balaban J connectivity index is 1.96. The fraction of sp³-hybridized carbons (Fsp3) is 0.385. The minimum Gasteiger partial charge on any atom is -0.494 e. The molecule has 1 heterocycles. The summed E-state index contributed by atoms with van der Waals surface area (Å²) in [6.07, 6.45) is 2.02. The quantitative estimate of drug-likeness (QED) is 0.331. The first-order valence-corrected chi connectivity index (χ1v) is 11.7. The third kappa shape index (κ3) is 6.81. The number of anilines is 2. The highest BCUT2D eigenvalue weighted by molar-refractivity contribution is 5.71. The largest absolute Gasteiger partial charge is 0.494 e. The molecular weight excluding hydrogens is 448 g/mol. The van der Waals surface area contributed by atoms with Crippen LogP contribution in [0, 0.1) is 12.8 Å². The molecule has 1 atom stereocenters. The highest BCUT2D eigenvalue weighted by atomic mass is 16.5. The van der Waals surface area contributed by atoms with E-state index in [4.69, 9.17) is 9.47 Å².